The Bertz CT molecular complexity index is 1050. The summed E-state index contributed by atoms with van der Waals surface area (Å²) >= 11 is 1.54. The number of thiophene rings is 1. The number of hydrogen-bond donors (Lipinski definition) is 2. The lowest BCUT2D eigenvalue weighted by Gasteiger charge is -2.27. The molecule has 3 heterocycles. The molecule has 1 unspecified atom stereocenters. The highest BCUT2D eigenvalue weighted by molar-refractivity contribution is 7.13. The topological polar surface area (TPSA) is 85.2 Å². The summed E-state index contributed by atoms with van der Waals surface area (Å²) in [6.07, 6.45) is 1.84. The van der Waals surface area contributed by atoms with Crippen LogP contribution in [0.2, 0.25) is 0 Å². The zero-order valence-electron chi connectivity index (χ0n) is 15.3. The van der Waals surface area contributed by atoms with Crippen molar-refractivity contribution in [3.8, 4) is 16.3 Å². The summed E-state index contributed by atoms with van der Waals surface area (Å²) in [5.74, 6) is -0.500. The molecule has 1 aromatic carbocycles. The third-order valence-electron chi connectivity index (χ3n) is 4.50. The van der Waals surface area contributed by atoms with E-state index in [9.17, 15) is 9.59 Å². The van der Waals surface area contributed by atoms with Crippen molar-refractivity contribution in [1.29, 1.82) is 0 Å². The number of allylic oxidation sites excluding steroid dienone is 1. The van der Waals surface area contributed by atoms with Crippen LogP contribution in [0.15, 0.2) is 65.3 Å². The Morgan fingerprint density at radius 1 is 1.21 bits per heavy atom. The highest BCUT2D eigenvalue weighted by Gasteiger charge is 2.35. The average Bonchev–Trinajstić information content (AvgIpc) is 3.37. The van der Waals surface area contributed by atoms with Crippen molar-refractivity contribution < 1.29 is 14.3 Å². The number of nitrogens with zero attached hydrogens (tertiary/aromatic N) is 2. The molecule has 8 heteroatoms. The summed E-state index contributed by atoms with van der Waals surface area (Å²) in [7, 11) is 1.32. The maximum Gasteiger partial charge on any atom is 0.337 e. The molecule has 2 aromatic heterocycles. The quantitative estimate of drug-likeness (QED) is 0.664. The SMILES string of the molecule is COC(=O)C1=C(C)NC(=O)NC1c1cn(-c2ccccc2)nc1-c1cccs1. The van der Waals surface area contributed by atoms with Gasteiger partial charge in [-0.25, -0.2) is 14.3 Å². The van der Waals surface area contributed by atoms with E-state index in [0.29, 0.717) is 17.0 Å². The highest BCUT2D eigenvalue weighted by atomic mass is 32.1. The van der Waals surface area contributed by atoms with Crippen molar-refractivity contribution in [3.63, 3.8) is 0 Å². The average molecular weight is 394 g/mol. The number of ether oxygens (including phenoxy) is 1. The fourth-order valence-electron chi connectivity index (χ4n) is 3.22. The number of amides is 2. The van der Waals surface area contributed by atoms with Gasteiger partial charge in [0.05, 0.1) is 29.3 Å². The molecule has 0 radical (unpaired) electrons. The van der Waals surface area contributed by atoms with E-state index in [4.69, 9.17) is 9.84 Å². The van der Waals surface area contributed by atoms with Gasteiger partial charge >= 0.3 is 12.0 Å². The molecule has 142 valence electrons. The van der Waals surface area contributed by atoms with Crippen LogP contribution in [-0.2, 0) is 9.53 Å². The molecule has 2 N–H and O–H groups in total. The van der Waals surface area contributed by atoms with Crippen LogP contribution in [0.25, 0.3) is 16.3 Å². The Morgan fingerprint density at radius 3 is 2.68 bits per heavy atom. The van der Waals surface area contributed by atoms with Crippen LogP contribution in [-0.4, -0.2) is 28.9 Å². The monoisotopic (exact) mass is 394 g/mol. The molecule has 1 aliphatic heterocycles. The third kappa shape index (κ3) is 3.18. The van der Waals surface area contributed by atoms with Gasteiger partial charge in [-0.2, -0.15) is 5.10 Å². The molecule has 0 bridgehead atoms. The summed E-state index contributed by atoms with van der Waals surface area (Å²) in [5.41, 5.74) is 3.13. The van der Waals surface area contributed by atoms with E-state index in [0.717, 1.165) is 16.1 Å². The molecule has 0 aliphatic carbocycles. The van der Waals surface area contributed by atoms with Gasteiger partial charge in [-0.15, -0.1) is 11.3 Å². The molecule has 4 rings (SSSR count). The van der Waals surface area contributed by atoms with Crippen LogP contribution in [0.5, 0.6) is 0 Å². The first-order chi connectivity index (χ1) is 13.6. The lowest BCUT2D eigenvalue weighted by Crippen LogP contribution is -2.45. The molecule has 0 saturated carbocycles. The number of carbonyl (C=O) groups excluding carboxylic acids is 2. The van der Waals surface area contributed by atoms with Gasteiger partial charge in [-0.05, 0) is 30.5 Å². The zero-order chi connectivity index (χ0) is 19.7. The van der Waals surface area contributed by atoms with Crippen LogP contribution in [0.4, 0.5) is 4.79 Å². The standard InChI is InChI=1S/C20H18N4O3S/c1-12-16(19(25)27-2)18(22-20(26)21-12)14-11-24(13-7-4-3-5-8-13)23-17(14)15-9-6-10-28-15/h3-11,18H,1-2H3,(H2,21,22,26). The number of benzene rings is 1. The minimum absolute atomic E-state index is 0.354. The summed E-state index contributed by atoms with van der Waals surface area (Å²) in [6.45, 7) is 1.68. The Morgan fingerprint density at radius 2 is 2.00 bits per heavy atom. The predicted molar refractivity (Wildman–Crippen MR) is 106 cm³/mol. The fraction of sp³-hybridized carbons (Fsp3) is 0.150. The van der Waals surface area contributed by atoms with Crippen molar-refractivity contribution in [1.82, 2.24) is 20.4 Å². The Labute approximate surface area is 165 Å². The molecule has 3 aromatic rings. The second-order valence-electron chi connectivity index (χ2n) is 6.25. The summed E-state index contributed by atoms with van der Waals surface area (Å²) in [6, 6.07) is 12.5. The van der Waals surface area contributed by atoms with Gasteiger partial charge in [0.15, 0.2) is 0 Å². The molecule has 0 fully saturated rings. The van der Waals surface area contributed by atoms with E-state index in [-0.39, 0.29) is 6.03 Å². The second kappa shape index (κ2) is 7.32. The molecule has 1 aliphatic rings. The largest absolute Gasteiger partial charge is 0.466 e. The number of hydrogen-bond acceptors (Lipinski definition) is 5. The first kappa shape index (κ1) is 18.0. The van der Waals surface area contributed by atoms with Crippen molar-refractivity contribution in [3.05, 3.63) is 70.9 Å². The summed E-state index contributed by atoms with van der Waals surface area (Å²) in [5, 5.41) is 12.2. The molecule has 1 atom stereocenters. The van der Waals surface area contributed by atoms with Crippen LogP contribution in [0, 0.1) is 0 Å². The number of para-hydroxylation sites is 1. The predicted octanol–water partition coefficient (Wildman–Crippen LogP) is 3.40. The molecular weight excluding hydrogens is 376 g/mol. The number of urea groups is 1. The minimum atomic E-state index is -0.671. The molecule has 2 amide bonds. The van der Waals surface area contributed by atoms with Gasteiger partial charge in [0.1, 0.15) is 5.69 Å². The second-order valence-corrected chi connectivity index (χ2v) is 7.20. The molecule has 0 saturated heterocycles. The van der Waals surface area contributed by atoms with Crippen LogP contribution in [0.3, 0.4) is 0 Å². The van der Waals surface area contributed by atoms with E-state index in [1.807, 2.05) is 54.0 Å². The van der Waals surface area contributed by atoms with Crippen LogP contribution in [0.1, 0.15) is 18.5 Å². The number of aromatic nitrogens is 2. The Hall–Kier alpha value is -3.39. The first-order valence-electron chi connectivity index (χ1n) is 8.64. The molecular formula is C20H18N4O3S. The number of rotatable bonds is 4. The number of esters is 1. The number of nitrogens with one attached hydrogen (secondary N) is 2. The zero-order valence-corrected chi connectivity index (χ0v) is 16.1. The van der Waals surface area contributed by atoms with Crippen molar-refractivity contribution >= 4 is 23.3 Å². The fourth-order valence-corrected chi connectivity index (χ4v) is 3.96. The maximum absolute atomic E-state index is 12.4. The van der Waals surface area contributed by atoms with Gasteiger partial charge < -0.3 is 15.4 Å². The number of carbonyl (C=O) groups is 2. The highest BCUT2D eigenvalue weighted by Crippen LogP contribution is 2.36. The maximum atomic E-state index is 12.4. The minimum Gasteiger partial charge on any atom is -0.466 e. The molecule has 28 heavy (non-hydrogen) atoms. The van der Waals surface area contributed by atoms with E-state index in [1.54, 1.807) is 22.9 Å². The molecule has 0 spiro atoms. The Balaban J connectivity index is 1.90. The van der Waals surface area contributed by atoms with Crippen LogP contribution < -0.4 is 10.6 Å². The first-order valence-corrected chi connectivity index (χ1v) is 9.52. The smallest absolute Gasteiger partial charge is 0.337 e. The number of methoxy groups -OCH3 is 1. The van der Waals surface area contributed by atoms with Crippen molar-refractivity contribution in [2.24, 2.45) is 0 Å². The Kier molecular flexibility index (Phi) is 4.70. The van der Waals surface area contributed by atoms with Gasteiger partial charge in [0.25, 0.3) is 0 Å². The van der Waals surface area contributed by atoms with E-state index >= 15 is 0 Å². The van der Waals surface area contributed by atoms with Gasteiger partial charge in [0, 0.05) is 17.5 Å². The van der Waals surface area contributed by atoms with Crippen molar-refractivity contribution in [2.45, 2.75) is 13.0 Å². The van der Waals surface area contributed by atoms with Gasteiger partial charge in [0.2, 0.25) is 0 Å². The van der Waals surface area contributed by atoms with Crippen LogP contribution >= 0.6 is 11.3 Å². The molecule has 7 nitrogen and oxygen atoms in total. The lowest BCUT2D eigenvalue weighted by atomic mass is 9.95. The van der Waals surface area contributed by atoms with E-state index in [2.05, 4.69) is 10.6 Å². The third-order valence-corrected chi connectivity index (χ3v) is 5.38. The van der Waals surface area contributed by atoms with E-state index in [1.165, 1.54) is 7.11 Å². The van der Waals surface area contributed by atoms with Gasteiger partial charge in [-0.1, -0.05) is 24.3 Å². The normalized spacial score (nSPS) is 16.5. The van der Waals surface area contributed by atoms with Gasteiger partial charge in [-0.3, -0.25) is 0 Å². The van der Waals surface area contributed by atoms with Crippen molar-refractivity contribution in [2.75, 3.05) is 7.11 Å². The summed E-state index contributed by atoms with van der Waals surface area (Å²) in [4.78, 5) is 25.5. The lowest BCUT2D eigenvalue weighted by molar-refractivity contribution is -0.136. The summed E-state index contributed by atoms with van der Waals surface area (Å²) < 4.78 is 6.71. The van der Waals surface area contributed by atoms with E-state index < -0.39 is 12.0 Å².